The van der Waals surface area contributed by atoms with Crippen molar-refractivity contribution >= 4 is 11.4 Å². The third-order valence-corrected chi connectivity index (χ3v) is 5.78. The van der Waals surface area contributed by atoms with E-state index in [1.165, 1.54) is 4.57 Å². The minimum Gasteiger partial charge on any atom is -0.493 e. The normalized spacial score (nSPS) is 13.5. The van der Waals surface area contributed by atoms with Gasteiger partial charge in [0.25, 0.3) is 5.56 Å². The van der Waals surface area contributed by atoms with Crippen molar-refractivity contribution in [1.29, 1.82) is 0 Å². The highest BCUT2D eigenvalue weighted by molar-refractivity contribution is 5.75. The Morgan fingerprint density at radius 1 is 1.10 bits per heavy atom. The second-order valence-electron chi connectivity index (χ2n) is 7.80. The maximum atomic E-state index is 13.0. The largest absolute Gasteiger partial charge is 0.493 e. The van der Waals surface area contributed by atoms with E-state index in [1.54, 1.807) is 31.1 Å². The van der Waals surface area contributed by atoms with Gasteiger partial charge in [0.15, 0.2) is 11.5 Å². The minimum absolute atomic E-state index is 0.0127. The van der Waals surface area contributed by atoms with Crippen LogP contribution >= 0.6 is 0 Å². The molecule has 0 bridgehead atoms. The van der Waals surface area contributed by atoms with Gasteiger partial charge in [0, 0.05) is 24.5 Å². The minimum atomic E-state index is -0.197. The molecular weight excluding hydrogens is 396 g/mol. The predicted molar refractivity (Wildman–Crippen MR) is 117 cm³/mol. The third kappa shape index (κ3) is 4.42. The Kier molecular flexibility index (Phi) is 6.25. The number of carbonyl (C=O) groups is 1. The van der Waals surface area contributed by atoms with Gasteiger partial charge in [-0.05, 0) is 49.8 Å². The summed E-state index contributed by atoms with van der Waals surface area (Å²) in [5.41, 5.74) is 3.54. The van der Waals surface area contributed by atoms with Gasteiger partial charge >= 0.3 is 0 Å². The van der Waals surface area contributed by atoms with Gasteiger partial charge in [-0.3, -0.25) is 9.59 Å². The molecule has 0 radical (unpaired) electrons. The van der Waals surface area contributed by atoms with E-state index in [9.17, 15) is 9.59 Å². The van der Waals surface area contributed by atoms with Crippen LogP contribution in [0, 0.1) is 0 Å². The van der Waals surface area contributed by atoms with Gasteiger partial charge in [0.05, 0.1) is 19.9 Å². The van der Waals surface area contributed by atoms with E-state index in [4.69, 9.17) is 9.47 Å². The number of ether oxygens (including phenoxy) is 2. The molecular formula is C23H28N4O4. The van der Waals surface area contributed by atoms with E-state index in [0.29, 0.717) is 30.0 Å². The van der Waals surface area contributed by atoms with Gasteiger partial charge in [-0.2, -0.15) is 5.10 Å². The number of aryl methyl sites for hydroxylation is 2. The molecule has 1 N–H and O–H groups in total. The summed E-state index contributed by atoms with van der Waals surface area (Å²) in [6.07, 6.45) is 9.16. The molecule has 3 aromatic rings. The first kappa shape index (κ1) is 21.0. The molecule has 0 atom stereocenters. The Morgan fingerprint density at radius 3 is 2.71 bits per heavy atom. The van der Waals surface area contributed by atoms with Crippen LogP contribution in [0.4, 0.5) is 0 Å². The van der Waals surface area contributed by atoms with Crippen LogP contribution in [0.5, 0.6) is 11.5 Å². The molecule has 2 aromatic heterocycles. The number of hydrogen-bond acceptors (Lipinski definition) is 5. The van der Waals surface area contributed by atoms with Gasteiger partial charge in [-0.15, -0.1) is 0 Å². The number of benzene rings is 1. The highest BCUT2D eigenvalue weighted by Crippen LogP contribution is 2.27. The van der Waals surface area contributed by atoms with Crippen molar-refractivity contribution in [2.45, 2.75) is 45.1 Å². The predicted octanol–water partition coefficient (Wildman–Crippen LogP) is 2.14. The van der Waals surface area contributed by atoms with Crippen LogP contribution in [0.1, 0.15) is 36.1 Å². The average molecular weight is 425 g/mol. The zero-order valence-electron chi connectivity index (χ0n) is 18.0. The number of carbonyl (C=O) groups excluding carboxylic acids is 1. The Hall–Kier alpha value is -3.29. The zero-order chi connectivity index (χ0) is 21.8. The van der Waals surface area contributed by atoms with E-state index in [2.05, 4.69) is 10.4 Å². The first-order valence-corrected chi connectivity index (χ1v) is 10.7. The number of nitrogens with one attached hydrogen (secondary N) is 1. The van der Waals surface area contributed by atoms with E-state index < -0.39 is 0 Å². The van der Waals surface area contributed by atoms with E-state index in [0.717, 1.165) is 48.9 Å². The quantitative estimate of drug-likeness (QED) is 0.587. The van der Waals surface area contributed by atoms with E-state index in [-0.39, 0.29) is 18.0 Å². The molecule has 1 aliphatic carbocycles. The Balaban J connectivity index is 1.41. The first-order valence-electron chi connectivity index (χ1n) is 10.7. The molecule has 8 nitrogen and oxygen atoms in total. The van der Waals surface area contributed by atoms with Crippen molar-refractivity contribution in [3.8, 4) is 11.5 Å². The van der Waals surface area contributed by atoms with Gasteiger partial charge < -0.3 is 19.4 Å². The lowest BCUT2D eigenvalue weighted by atomic mass is 10.1. The summed E-state index contributed by atoms with van der Waals surface area (Å²) in [5.74, 6) is 1.13. The molecule has 1 aromatic carbocycles. The molecule has 4 rings (SSSR count). The van der Waals surface area contributed by atoms with Crippen molar-refractivity contribution in [3.63, 3.8) is 0 Å². The summed E-state index contributed by atoms with van der Waals surface area (Å²) in [6, 6.07) is 5.69. The highest BCUT2D eigenvalue weighted by Gasteiger charge is 2.19. The summed E-state index contributed by atoms with van der Waals surface area (Å²) < 4.78 is 13.7. The van der Waals surface area contributed by atoms with Crippen molar-refractivity contribution in [1.82, 2.24) is 19.5 Å². The third-order valence-electron chi connectivity index (χ3n) is 5.78. The SMILES string of the molecule is COc1ccc(CCNC(=O)Cn2ccn3nc4c(c3c2=O)CCCCC4)cc1OC. The maximum Gasteiger partial charge on any atom is 0.277 e. The van der Waals surface area contributed by atoms with Crippen LogP contribution in [0.15, 0.2) is 35.4 Å². The lowest BCUT2D eigenvalue weighted by Gasteiger charge is -2.11. The molecule has 164 valence electrons. The summed E-state index contributed by atoms with van der Waals surface area (Å²) in [7, 11) is 3.19. The highest BCUT2D eigenvalue weighted by atomic mass is 16.5. The van der Waals surface area contributed by atoms with E-state index in [1.807, 2.05) is 18.2 Å². The zero-order valence-corrected chi connectivity index (χ0v) is 18.0. The fourth-order valence-corrected chi connectivity index (χ4v) is 4.15. The smallest absolute Gasteiger partial charge is 0.277 e. The Labute approximate surface area is 180 Å². The molecule has 31 heavy (non-hydrogen) atoms. The summed E-state index contributed by atoms with van der Waals surface area (Å²) in [5, 5.41) is 7.48. The fourth-order valence-electron chi connectivity index (χ4n) is 4.15. The summed E-state index contributed by atoms with van der Waals surface area (Å²) in [4.78, 5) is 25.5. The van der Waals surface area contributed by atoms with Crippen LogP contribution in [-0.4, -0.2) is 40.9 Å². The molecule has 0 aliphatic heterocycles. The molecule has 1 aliphatic rings. The number of hydrogen-bond donors (Lipinski definition) is 1. The molecule has 0 spiro atoms. The maximum absolute atomic E-state index is 13.0. The topological polar surface area (TPSA) is 86.9 Å². The van der Waals surface area contributed by atoms with Gasteiger partial charge in [-0.1, -0.05) is 12.5 Å². The number of aromatic nitrogens is 3. The van der Waals surface area contributed by atoms with Crippen LogP contribution in [0.3, 0.4) is 0 Å². The first-order chi connectivity index (χ1) is 15.1. The standard InChI is InChI=1S/C23H28N4O4/c1-30-19-9-8-16(14-20(19)31-2)10-11-24-21(28)15-26-12-13-27-22(23(26)29)17-6-4-3-5-7-18(17)25-27/h8-9,12-14H,3-7,10-11,15H2,1-2H3,(H,24,28). The van der Waals surface area contributed by atoms with Crippen molar-refractivity contribution < 1.29 is 14.3 Å². The number of nitrogens with zero attached hydrogens (tertiary/aromatic N) is 3. The monoisotopic (exact) mass is 424 g/mol. The van der Waals surface area contributed by atoms with Crippen LogP contribution < -0.4 is 20.3 Å². The lowest BCUT2D eigenvalue weighted by Crippen LogP contribution is -2.33. The number of fused-ring (bicyclic) bond motifs is 3. The lowest BCUT2D eigenvalue weighted by molar-refractivity contribution is -0.121. The molecule has 8 heteroatoms. The molecule has 1 amide bonds. The second-order valence-corrected chi connectivity index (χ2v) is 7.80. The molecule has 0 fully saturated rings. The molecule has 2 heterocycles. The van der Waals surface area contributed by atoms with Crippen molar-refractivity contribution in [2.75, 3.05) is 20.8 Å². The summed E-state index contributed by atoms with van der Waals surface area (Å²) in [6.45, 7) is 0.453. The number of amides is 1. The van der Waals surface area contributed by atoms with Crippen LogP contribution in [0.25, 0.3) is 5.52 Å². The number of methoxy groups -OCH3 is 2. The van der Waals surface area contributed by atoms with Gasteiger partial charge in [0.1, 0.15) is 12.1 Å². The molecule has 0 unspecified atom stereocenters. The number of rotatable bonds is 7. The Bertz CT molecular complexity index is 1150. The molecule has 0 saturated heterocycles. The van der Waals surface area contributed by atoms with Gasteiger partial charge in [-0.25, -0.2) is 4.52 Å². The fraction of sp³-hybridized carbons (Fsp3) is 0.435. The van der Waals surface area contributed by atoms with E-state index >= 15 is 0 Å². The Morgan fingerprint density at radius 2 is 1.90 bits per heavy atom. The van der Waals surface area contributed by atoms with Crippen molar-refractivity contribution in [3.05, 3.63) is 57.8 Å². The van der Waals surface area contributed by atoms with Gasteiger partial charge in [0.2, 0.25) is 5.91 Å². The second kappa shape index (κ2) is 9.24. The molecule has 0 saturated carbocycles. The van der Waals surface area contributed by atoms with Crippen LogP contribution in [-0.2, 0) is 30.6 Å². The van der Waals surface area contributed by atoms with Crippen molar-refractivity contribution in [2.24, 2.45) is 0 Å². The summed E-state index contributed by atoms with van der Waals surface area (Å²) >= 11 is 0. The average Bonchev–Trinajstić information content (AvgIpc) is 2.97. The van der Waals surface area contributed by atoms with Crippen LogP contribution in [0.2, 0.25) is 0 Å².